The Balaban J connectivity index is 1.58. The Hall–Kier alpha value is -2.33. The average Bonchev–Trinajstić information content (AvgIpc) is 3.21. The van der Waals surface area contributed by atoms with E-state index in [0.717, 1.165) is 30.9 Å². The van der Waals surface area contributed by atoms with Crippen LogP contribution in [0.15, 0.2) is 54.6 Å². The van der Waals surface area contributed by atoms with Crippen molar-refractivity contribution in [2.45, 2.75) is 32.4 Å². The predicted molar refractivity (Wildman–Crippen MR) is 108 cm³/mol. The highest BCUT2D eigenvalue weighted by atomic mass is 16.1. The zero-order valence-electron chi connectivity index (χ0n) is 15.8. The van der Waals surface area contributed by atoms with Gasteiger partial charge in [0, 0.05) is 37.4 Å². The van der Waals surface area contributed by atoms with Gasteiger partial charge in [-0.05, 0) is 56.6 Å². The first-order valence-corrected chi connectivity index (χ1v) is 9.51. The van der Waals surface area contributed by atoms with Crippen LogP contribution in [0, 0.1) is 0 Å². The van der Waals surface area contributed by atoms with Gasteiger partial charge >= 0.3 is 0 Å². The van der Waals surface area contributed by atoms with E-state index in [2.05, 4.69) is 53.4 Å². The molecule has 1 N–H and O–H groups in total. The lowest BCUT2D eigenvalue weighted by molar-refractivity contribution is 0.0940. The molecule has 0 aliphatic carbocycles. The predicted octanol–water partition coefficient (Wildman–Crippen LogP) is 3.54. The van der Waals surface area contributed by atoms with Gasteiger partial charge in [0.05, 0.1) is 0 Å². The Kier molecular flexibility index (Phi) is 6.29. The maximum absolute atomic E-state index is 12.5. The first-order valence-electron chi connectivity index (χ1n) is 9.51. The summed E-state index contributed by atoms with van der Waals surface area (Å²) < 4.78 is 0. The molecule has 0 saturated carbocycles. The number of hydrogen-bond acceptors (Lipinski definition) is 3. The number of nitrogens with zero attached hydrogens (tertiary/aromatic N) is 2. The number of likely N-dealkylation sites (tertiary alicyclic amines) is 1. The van der Waals surface area contributed by atoms with E-state index < -0.39 is 0 Å². The Bertz CT molecular complexity index is 710. The standard InChI is InChI=1S/C22H29N3O/c1-18(25-13-6-7-14-25)16-23-22(26)20-11-8-12-21(15-20)24(2)17-19-9-4-3-5-10-19/h3-5,8-12,15,18H,6-7,13-14,16-17H2,1-2H3,(H,23,26). The molecule has 4 heteroatoms. The molecule has 26 heavy (non-hydrogen) atoms. The number of rotatable bonds is 7. The van der Waals surface area contributed by atoms with Gasteiger partial charge < -0.3 is 10.2 Å². The normalized spacial score (nSPS) is 15.6. The van der Waals surface area contributed by atoms with Crippen molar-refractivity contribution in [3.8, 4) is 0 Å². The average molecular weight is 351 g/mol. The molecule has 1 saturated heterocycles. The molecule has 1 atom stereocenters. The lowest BCUT2D eigenvalue weighted by Gasteiger charge is -2.24. The van der Waals surface area contributed by atoms with Crippen molar-refractivity contribution in [2.75, 3.05) is 31.6 Å². The molecule has 1 fully saturated rings. The zero-order valence-corrected chi connectivity index (χ0v) is 15.8. The van der Waals surface area contributed by atoms with E-state index in [1.807, 2.05) is 30.3 Å². The van der Waals surface area contributed by atoms with E-state index in [-0.39, 0.29) is 5.91 Å². The highest BCUT2D eigenvalue weighted by Gasteiger charge is 2.18. The minimum absolute atomic E-state index is 0.00556. The fraction of sp³-hybridized carbons (Fsp3) is 0.409. The van der Waals surface area contributed by atoms with Crippen molar-refractivity contribution < 1.29 is 4.79 Å². The Labute approximate surface area is 156 Å². The van der Waals surface area contributed by atoms with Gasteiger partial charge in [0.25, 0.3) is 5.91 Å². The summed E-state index contributed by atoms with van der Waals surface area (Å²) in [5, 5.41) is 3.09. The number of carbonyl (C=O) groups excluding carboxylic acids is 1. The van der Waals surface area contributed by atoms with Crippen LogP contribution in [0.1, 0.15) is 35.7 Å². The number of amides is 1. The van der Waals surface area contributed by atoms with Crippen LogP contribution in [0.3, 0.4) is 0 Å². The van der Waals surface area contributed by atoms with Crippen LogP contribution in [0.4, 0.5) is 5.69 Å². The fourth-order valence-corrected chi connectivity index (χ4v) is 3.49. The highest BCUT2D eigenvalue weighted by molar-refractivity contribution is 5.95. The van der Waals surface area contributed by atoms with Gasteiger partial charge in [-0.15, -0.1) is 0 Å². The van der Waals surface area contributed by atoms with Gasteiger partial charge in [-0.1, -0.05) is 36.4 Å². The maximum Gasteiger partial charge on any atom is 0.251 e. The molecular formula is C22H29N3O. The van der Waals surface area contributed by atoms with Crippen molar-refractivity contribution in [1.29, 1.82) is 0 Å². The van der Waals surface area contributed by atoms with Gasteiger partial charge in [-0.3, -0.25) is 9.69 Å². The van der Waals surface area contributed by atoms with E-state index in [4.69, 9.17) is 0 Å². The largest absolute Gasteiger partial charge is 0.370 e. The molecule has 0 bridgehead atoms. The quantitative estimate of drug-likeness (QED) is 0.829. The van der Waals surface area contributed by atoms with Gasteiger partial charge in [0.2, 0.25) is 0 Å². The number of hydrogen-bond donors (Lipinski definition) is 1. The molecule has 1 amide bonds. The number of carbonyl (C=O) groups is 1. The minimum Gasteiger partial charge on any atom is -0.370 e. The summed E-state index contributed by atoms with van der Waals surface area (Å²) >= 11 is 0. The van der Waals surface area contributed by atoms with Crippen molar-refractivity contribution in [3.05, 3.63) is 65.7 Å². The summed E-state index contributed by atoms with van der Waals surface area (Å²) in [6.07, 6.45) is 2.54. The van der Waals surface area contributed by atoms with Crippen LogP contribution in [0.5, 0.6) is 0 Å². The minimum atomic E-state index is 0.00556. The van der Waals surface area contributed by atoms with E-state index >= 15 is 0 Å². The van der Waals surface area contributed by atoms with Crippen LogP contribution >= 0.6 is 0 Å². The van der Waals surface area contributed by atoms with Crippen LogP contribution < -0.4 is 10.2 Å². The van der Waals surface area contributed by atoms with Gasteiger partial charge in [-0.25, -0.2) is 0 Å². The van der Waals surface area contributed by atoms with Crippen molar-refractivity contribution in [2.24, 2.45) is 0 Å². The summed E-state index contributed by atoms with van der Waals surface area (Å²) in [5.74, 6) is 0.00556. The molecule has 4 nitrogen and oxygen atoms in total. The summed E-state index contributed by atoms with van der Waals surface area (Å²) in [4.78, 5) is 17.2. The second kappa shape index (κ2) is 8.86. The molecule has 1 aliphatic heterocycles. The van der Waals surface area contributed by atoms with Crippen LogP contribution in [-0.4, -0.2) is 43.5 Å². The number of anilines is 1. The third kappa shape index (κ3) is 4.85. The monoisotopic (exact) mass is 351 g/mol. The van der Waals surface area contributed by atoms with Crippen molar-refractivity contribution in [3.63, 3.8) is 0 Å². The smallest absolute Gasteiger partial charge is 0.251 e. The Morgan fingerprint density at radius 1 is 1.12 bits per heavy atom. The summed E-state index contributed by atoms with van der Waals surface area (Å²) in [6.45, 7) is 6.00. The topological polar surface area (TPSA) is 35.6 Å². The van der Waals surface area contributed by atoms with Crippen molar-refractivity contribution in [1.82, 2.24) is 10.2 Å². The molecule has 1 heterocycles. The third-order valence-corrected chi connectivity index (χ3v) is 5.13. The second-order valence-corrected chi connectivity index (χ2v) is 7.19. The third-order valence-electron chi connectivity index (χ3n) is 5.13. The number of nitrogens with one attached hydrogen (secondary N) is 1. The molecule has 138 valence electrons. The first-order chi connectivity index (χ1) is 12.6. The van der Waals surface area contributed by atoms with Crippen LogP contribution in [-0.2, 0) is 6.54 Å². The Morgan fingerprint density at radius 2 is 1.85 bits per heavy atom. The first kappa shape index (κ1) is 18.5. The lowest BCUT2D eigenvalue weighted by atomic mass is 10.1. The highest BCUT2D eigenvalue weighted by Crippen LogP contribution is 2.17. The van der Waals surface area contributed by atoms with E-state index in [1.165, 1.54) is 18.4 Å². The molecule has 3 rings (SSSR count). The summed E-state index contributed by atoms with van der Waals surface area (Å²) in [5.41, 5.74) is 3.02. The molecule has 0 spiro atoms. The molecule has 2 aromatic rings. The fourth-order valence-electron chi connectivity index (χ4n) is 3.49. The van der Waals surface area contributed by atoms with E-state index in [9.17, 15) is 4.79 Å². The summed E-state index contributed by atoms with van der Waals surface area (Å²) in [7, 11) is 2.06. The van der Waals surface area contributed by atoms with E-state index in [1.54, 1.807) is 0 Å². The van der Waals surface area contributed by atoms with Gasteiger partial charge in [0.1, 0.15) is 0 Å². The number of benzene rings is 2. The molecule has 0 radical (unpaired) electrons. The SMILES string of the molecule is CC(CNC(=O)c1cccc(N(C)Cc2ccccc2)c1)N1CCCC1. The zero-order chi connectivity index (χ0) is 18.4. The molecule has 1 aliphatic rings. The van der Waals surface area contributed by atoms with Crippen LogP contribution in [0.2, 0.25) is 0 Å². The molecule has 2 aromatic carbocycles. The lowest BCUT2D eigenvalue weighted by Crippen LogP contribution is -2.40. The van der Waals surface area contributed by atoms with Crippen LogP contribution in [0.25, 0.3) is 0 Å². The van der Waals surface area contributed by atoms with Gasteiger partial charge in [0.15, 0.2) is 0 Å². The summed E-state index contributed by atoms with van der Waals surface area (Å²) in [6, 6.07) is 18.6. The van der Waals surface area contributed by atoms with Gasteiger partial charge in [-0.2, -0.15) is 0 Å². The second-order valence-electron chi connectivity index (χ2n) is 7.19. The van der Waals surface area contributed by atoms with E-state index in [0.29, 0.717) is 12.6 Å². The maximum atomic E-state index is 12.5. The molecule has 1 unspecified atom stereocenters. The Morgan fingerprint density at radius 3 is 2.58 bits per heavy atom. The molecular weight excluding hydrogens is 322 g/mol. The van der Waals surface area contributed by atoms with Crippen molar-refractivity contribution >= 4 is 11.6 Å². The molecule has 0 aromatic heterocycles.